The first-order valence-electron chi connectivity index (χ1n) is 6.61. The molecule has 7 N–H and O–H groups in total. The van der Waals surface area contributed by atoms with E-state index in [-0.39, 0.29) is 29.6 Å². The van der Waals surface area contributed by atoms with Crippen molar-refractivity contribution in [1.29, 1.82) is 0 Å². The van der Waals surface area contributed by atoms with Crippen LogP contribution in [0.3, 0.4) is 0 Å². The molecule has 0 radical (unpaired) electrons. The van der Waals surface area contributed by atoms with E-state index in [0.29, 0.717) is 10.8 Å². The molecule has 1 aromatic rings. The van der Waals surface area contributed by atoms with E-state index in [9.17, 15) is 28.5 Å². The Morgan fingerprint density at radius 1 is 1.30 bits per heavy atom. The van der Waals surface area contributed by atoms with Gasteiger partial charge in [0, 0.05) is 0 Å². The standard InChI is InChI=1S/C9H14FN3O11P2.Na.H/c10-3-1-13(9(16)12-7(3)11)8-6(15)5(14)4(23-8)2-22-26(20,21)24-25(17,18)19;;/h1,4-6,8,14-15H,2H2,(H,20,21)(H2,11,12,16)(H2,17,18,19);;/t4-,5?,6?,8-;;/m1../s1. The zero-order valence-electron chi connectivity index (χ0n) is 12.5. The Kier molecular flexibility index (Phi) is 8.31. The van der Waals surface area contributed by atoms with Crippen molar-refractivity contribution in [3.8, 4) is 0 Å². The molecule has 0 saturated carbocycles. The molecule has 1 aromatic heterocycles. The molecule has 0 aliphatic carbocycles. The summed E-state index contributed by atoms with van der Waals surface area (Å²) in [6.45, 7) is -0.970. The fourth-order valence-corrected chi connectivity index (χ4v) is 3.66. The third-order valence-corrected chi connectivity index (χ3v) is 5.31. The van der Waals surface area contributed by atoms with Crippen LogP contribution in [0, 0.1) is 5.82 Å². The van der Waals surface area contributed by atoms with E-state index in [4.69, 9.17) is 25.2 Å². The van der Waals surface area contributed by atoms with Crippen molar-refractivity contribution in [3.05, 3.63) is 22.5 Å². The van der Waals surface area contributed by atoms with Crippen LogP contribution >= 0.6 is 15.6 Å². The number of nitrogens with zero attached hydrogens (tertiary/aromatic N) is 2. The SMILES string of the molecule is Nc1nc(=O)n([C@@H]2O[C@H](COP(=O)(O)OP(=O)(O)O)C(O)C2O)cc1F.[NaH]. The van der Waals surface area contributed by atoms with Crippen molar-refractivity contribution in [2.45, 2.75) is 24.5 Å². The first kappa shape index (κ1) is 24.8. The second-order valence-corrected chi connectivity index (χ2v) is 7.88. The average Bonchev–Trinajstić information content (AvgIpc) is 2.75. The van der Waals surface area contributed by atoms with Crippen LogP contribution in [-0.4, -0.2) is 88.9 Å². The molecule has 0 aromatic carbocycles. The van der Waals surface area contributed by atoms with Gasteiger partial charge in [0.25, 0.3) is 0 Å². The van der Waals surface area contributed by atoms with Gasteiger partial charge in [-0.05, 0) is 0 Å². The molecule has 0 bridgehead atoms. The summed E-state index contributed by atoms with van der Waals surface area (Å²) in [4.78, 5) is 41.0. The number of aliphatic hydroxyl groups is 2. The van der Waals surface area contributed by atoms with E-state index < -0.39 is 64.1 Å². The molecule has 3 unspecified atom stereocenters. The normalized spacial score (nSPS) is 27.8. The number of hydrogen-bond donors (Lipinski definition) is 6. The van der Waals surface area contributed by atoms with Gasteiger partial charge in [0.2, 0.25) is 0 Å². The number of ether oxygens (including phenoxy) is 1. The van der Waals surface area contributed by atoms with E-state index in [1.807, 2.05) is 0 Å². The number of nitrogen functional groups attached to an aromatic ring is 1. The average molecular weight is 445 g/mol. The van der Waals surface area contributed by atoms with Gasteiger partial charge < -0.3 is 35.4 Å². The van der Waals surface area contributed by atoms with Crippen LogP contribution < -0.4 is 11.4 Å². The van der Waals surface area contributed by atoms with E-state index in [1.165, 1.54) is 0 Å². The summed E-state index contributed by atoms with van der Waals surface area (Å²) >= 11 is 0. The molecule has 1 aliphatic rings. The van der Waals surface area contributed by atoms with Crippen molar-refractivity contribution in [1.82, 2.24) is 9.55 Å². The van der Waals surface area contributed by atoms with Crippen LogP contribution in [0.4, 0.5) is 10.2 Å². The topological polar surface area (TPSA) is 224 Å². The van der Waals surface area contributed by atoms with Crippen molar-refractivity contribution in [2.75, 3.05) is 12.3 Å². The van der Waals surface area contributed by atoms with Crippen LogP contribution in [0.5, 0.6) is 0 Å². The Labute approximate surface area is 171 Å². The molecule has 1 aliphatic heterocycles. The summed E-state index contributed by atoms with van der Waals surface area (Å²) in [6.07, 6.45) is -6.19. The molecule has 2 heterocycles. The van der Waals surface area contributed by atoms with E-state index in [1.54, 1.807) is 0 Å². The number of phosphoric acid groups is 2. The van der Waals surface area contributed by atoms with Crippen LogP contribution in [0.15, 0.2) is 11.0 Å². The van der Waals surface area contributed by atoms with Crippen LogP contribution in [-0.2, 0) is 22.7 Å². The third kappa shape index (κ3) is 6.37. The number of anilines is 1. The number of phosphoric ester groups is 1. The summed E-state index contributed by atoms with van der Waals surface area (Å²) in [5.41, 5.74) is 4.00. The molecule has 0 amide bonds. The second-order valence-electron chi connectivity index (χ2n) is 5.05. The number of rotatable bonds is 6. The fraction of sp³-hybridized carbons (Fsp3) is 0.556. The Hall–Kier alpha value is -0.250. The summed E-state index contributed by atoms with van der Waals surface area (Å²) in [5, 5.41) is 19.8. The van der Waals surface area contributed by atoms with Gasteiger partial charge in [-0.3, -0.25) is 9.09 Å². The molecule has 5 atom stereocenters. The van der Waals surface area contributed by atoms with E-state index in [2.05, 4.69) is 13.8 Å². The summed E-state index contributed by atoms with van der Waals surface area (Å²) < 4.78 is 48.7. The molecule has 1 fully saturated rings. The number of nitrogens with two attached hydrogens (primary N) is 1. The Morgan fingerprint density at radius 3 is 2.44 bits per heavy atom. The monoisotopic (exact) mass is 445 g/mol. The van der Waals surface area contributed by atoms with Gasteiger partial charge in [-0.2, -0.15) is 9.29 Å². The quantitative estimate of drug-likeness (QED) is 0.192. The molecular formula is C9H15FN3NaO11P2. The molecule has 27 heavy (non-hydrogen) atoms. The molecule has 0 spiro atoms. The fourth-order valence-electron chi connectivity index (χ4n) is 2.06. The van der Waals surface area contributed by atoms with Gasteiger partial charge in [0.1, 0.15) is 18.3 Å². The number of hydrogen-bond acceptors (Lipinski definition) is 10. The van der Waals surface area contributed by atoms with Gasteiger partial charge >= 0.3 is 50.9 Å². The van der Waals surface area contributed by atoms with Crippen LogP contribution in [0.2, 0.25) is 0 Å². The first-order chi connectivity index (χ1) is 11.8. The van der Waals surface area contributed by atoms with Gasteiger partial charge in [0.05, 0.1) is 12.8 Å². The first-order valence-corrected chi connectivity index (χ1v) is 9.63. The molecule has 150 valence electrons. The van der Waals surface area contributed by atoms with Crippen molar-refractivity contribution < 1.29 is 52.0 Å². The second kappa shape index (κ2) is 9.05. The van der Waals surface area contributed by atoms with Gasteiger partial charge in [0.15, 0.2) is 17.9 Å². The predicted octanol–water partition coefficient (Wildman–Crippen LogP) is -2.84. The Morgan fingerprint density at radius 2 is 1.89 bits per heavy atom. The number of halogens is 1. The molecule has 2 rings (SSSR count). The molecule has 1 saturated heterocycles. The molecule has 14 nitrogen and oxygen atoms in total. The van der Waals surface area contributed by atoms with Gasteiger partial charge in [-0.25, -0.2) is 18.3 Å². The zero-order chi connectivity index (χ0) is 19.9. The molecule has 18 heteroatoms. The maximum atomic E-state index is 13.5. The van der Waals surface area contributed by atoms with Crippen molar-refractivity contribution >= 4 is 51.0 Å². The summed E-state index contributed by atoms with van der Waals surface area (Å²) in [6, 6.07) is 0. The van der Waals surface area contributed by atoms with Crippen LogP contribution in [0.1, 0.15) is 6.23 Å². The zero-order valence-corrected chi connectivity index (χ0v) is 14.3. The third-order valence-electron chi connectivity index (χ3n) is 3.16. The number of aromatic nitrogens is 2. The summed E-state index contributed by atoms with van der Waals surface area (Å²) in [7, 11) is -10.6. The van der Waals surface area contributed by atoms with Crippen molar-refractivity contribution in [3.63, 3.8) is 0 Å². The summed E-state index contributed by atoms with van der Waals surface area (Å²) in [5.74, 6) is -1.81. The van der Waals surface area contributed by atoms with Crippen molar-refractivity contribution in [2.24, 2.45) is 0 Å². The Bertz CT molecular complexity index is 834. The number of aliphatic hydroxyl groups excluding tert-OH is 2. The van der Waals surface area contributed by atoms with E-state index >= 15 is 0 Å². The maximum absolute atomic E-state index is 13.5. The predicted molar refractivity (Wildman–Crippen MR) is 84.8 cm³/mol. The minimum atomic E-state index is -5.35. The van der Waals surface area contributed by atoms with E-state index in [0.717, 1.165) is 0 Å². The molecular weight excluding hydrogens is 430 g/mol. The van der Waals surface area contributed by atoms with Crippen LogP contribution in [0.25, 0.3) is 0 Å². The Balaban J connectivity index is 0.00000364. The minimum absolute atomic E-state index is 0. The van der Waals surface area contributed by atoms with Gasteiger partial charge in [-0.15, -0.1) is 0 Å². The van der Waals surface area contributed by atoms with Gasteiger partial charge in [-0.1, -0.05) is 0 Å².